The second-order valence-electron chi connectivity index (χ2n) is 3.24. The highest BCUT2D eigenvalue weighted by molar-refractivity contribution is 6.30. The summed E-state index contributed by atoms with van der Waals surface area (Å²) in [6, 6.07) is 0. The number of aromatic nitrogens is 2. The summed E-state index contributed by atoms with van der Waals surface area (Å²) in [6.45, 7) is 1.48. The lowest BCUT2D eigenvalue weighted by molar-refractivity contribution is 0.567. The number of nitrogens with one attached hydrogen (secondary N) is 2. The molecule has 1 rings (SSSR count). The molecule has 1 aromatic rings. The van der Waals surface area contributed by atoms with Gasteiger partial charge >= 0.3 is 5.69 Å². The number of H-pyrrole nitrogens is 1. The molecule has 0 amide bonds. The van der Waals surface area contributed by atoms with Crippen molar-refractivity contribution in [2.75, 3.05) is 13.6 Å². The number of aryl methyl sites for hydroxylation is 1. The van der Waals surface area contributed by atoms with Gasteiger partial charge in [-0.15, -0.1) is 0 Å². The van der Waals surface area contributed by atoms with E-state index in [0.29, 0.717) is 6.54 Å². The second-order valence-corrected chi connectivity index (χ2v) is 3.65. The van der Waals surface area contributed by atoms with E-state index in [4.69, 9.17) is 11.6 Å². The average Bonchev–Trinajstić information content (AvgIpc) is 2.20. The predicted octanol–water partition coefficient (Wildman–Crippen LogP) is 0.190. The minimum Gasteiger partial charge on any atom is -0.320 e. The van der Waals surface area contributed by atoms with Crippen LogP contribution in [0, 0.1) is 0 Å². The van der Waals surface area contributed by atoms with E-state index in [2.05, 4.69) is 10.3 Å². The number of unbranched alkanes of at least 4 members (excludes halogenated alkanes) is 1. The van der Waals surface area contributed by atoms with Crippen LogP contribution >= 0.6 is 11.6 Å². The molecule has 5 nitrogen and oxygen atoms in total. The van der Waals surface area contributed by atoms with Crippen LogP contribution in [0.15, 0.2) is 15.8 Å². The summed E-state index contributed by atoms with van der Waals surface area (Å²) in [5.41, 5.74) is -0.943. The Kier molecular flexibility index (Phi) is 4.58. The number of nitrogens with zero attached hydrogens (tertiary/aromatic N) is 1. The molecule has 0 aliphatic rings. The van der Waals surface area contributed by atoms with Gasteiger partial charge in [-0.3, -0.25) is 14.3 Å². The molecule has 0 unspecified atom stereocenters. The highest BCUT2D eigenvalue weighted by Gasteiger charge is 2.01. The molecule has 1 heterocycles. The van der Waals surface area contributed by atoms with Crippen molar-refractivity contribution >= 4 is 11.6 Å². The zero-order chi connectivity index (χ0) is 11.3. The van der Waals surface area contributed by atoms with Crippen molar-refractivity contribution < 1.29 is 0 Å². The van der Waals surface area contributed by atoms with Gasteiger partial charge in [-0.05, 0) is 26.4 Å². The first-order valence-corrected chi connectivity index (χ1v) is 5.17. The summed E-state index contributed by atoms with van der Waals surface area (Å²) in [7, 11) is 1.88. The third-order valence-corrected chi connectivity index (χ3v) is 2.31. The molecule has 0 aromatic carbocycles. The van der Waals surface area contributed by atoms with E-state index in [0.717, 1.165) is 19.4 Å². The molecule has 0 bridgehead atoms. The van der Waals surface area contributed by atoms with E-state index in [1.807, 2.05) is 7.05 Å². The third kappa shape index (κ3) is 3.53. The molecule has 6 heteroatoms. The first-order chi connectivity index (χ1) is 7.15. The maximum atomic E-state index is 11.3. The molecule has 2 N–H and O–H groups in total. The van der Waals surface area contributed by atoms with Crippen LogP contribution in [0.4, 0.5) is 0 Å². The molecular formula is C9H14ClN3O2. The minimum atomic E-state index is -0.534. The van der Waals surface area contributed by atoms with Gasteiger partial charge in [-0.2, -0.15) is 0 Å². The molecule has 0 saturated carbocycles. The Hall–Kier alpha value is -1.07. The van der Waals surface area contributed by atoms with Gasteiger partial charge in [0.2, 0.25) is 0 Å². The van der Waals surface area contributed by atoms with Crippen molar-refractivity contribution in [3.05, 3.63) is 32.1 Å². The monoisotopic (exact) mass is 231 g/mol. The summed E-state index contributed by atoms with van der Waals surface area (Å²) < 4.78 is 1.42. The van der Waals surface area contributed by atoms with Crippen LogP contribution in [-0.4, -0.2) is 23.1 Å². The third-order valence-electron chi connectivity index (χ3n) is 2.04. The normalized spacial score (nSPS) is 10.5. The van der Waals surface area contributed by atoms with Gasteiger partial charge in [0.05, 0.1) is 0 Å². The van der Waals surface area contributed by atoms with Crippen molar-refractivity contribution in [1.82, 2.24) is 14.9 Å². The van der Waals surface area contributed by atoms with Crippen molar-refractivity contribution in [1.29, 1.82) is 0 Å². The quantitative estimate of drug-likeness (QED) is 0.711. The Morgan fingerprint density at radius 1 is 1.47 bits per heavy atom. The molecule has 0 spiro atoms. The van der Waals surface area contributed by atoms with Gasteiger partial charge in [0.15, 0.2) is 0 Å². The van der Waals surface area contributed by atoms with Crippen molar-refractivity contribution in [2.24, 2.45) is 0 Å². The van der Waals surface area contributed by atoms with E-state index >= 15 is 0 Å². The van der Waals surface area contributed by atoms with E-state index in [-0.39, 0.29) is 5.02 Å². The summed E-state index contributed by atoms with van der Waals surface area (Å²) in [6.07, 6.45) is 3.21. The highest BCUT2D eigenvalue weighted by atomic mass is 35.5. The van der Waals surface area contributed by atoms with E-state index in [1.54, 1.807) is 0 Å². The largest absolute Gasteiger partial charge is 0.328 e. The Morgan fingerprint density at radius 3 is 2.87 bits per heavy atom. The van der Waals surface area contributed by atoms with Gasteiger partial charge in [0.25, 0.3) is 5.56 Å². The van der Waals surface area contributed by atoms with E-state index in [1.165, 1.54) is 10.8 Å². The summed E-state index contributed by atoms with van der Waals surface area (Å²) in [5.74, 6) is 0. The smallest absolute Gasteiger partial charge is 0.320 e. The summed E-state index contributed by atoms with van der Waals surface area (Å²) >= 11 is 5.61. The lowest BCUT2D eigenvalue weighted by Gasteiger charge is -2.04. The SMILES string of the molecule is CNCCCCn1cc(Cl)c(=O)[nH]c1=O. The van der Waals surface area contributed by atoms with Crippen LogP contribution in [0.25, 0.3) is 0 Å². The molecule has 0 atom stereocenters. The van der Waals surface area contributed by atoms with Crippen molar-refractivity contribution in [3.63, 3.8) is 0 Å². The van der Waals surface area contributed by atoms with Gasteiger partial charge in [0, 0.05) is 12.7 Å². The zero-order valence-corrected chi connectivity index (χ0v) is 9.30. The molecular weight excluding hydrogens is 218 g/mol. The number of halogens is 1. The fourth-order valence-electron chi connectivity index (χ4n) is 1.23. The second kappa shape index (κ2) is 5.72. The van der Waals surface area contributed by atoms with Gasteiger partial charge in [0.1, 0.15) is 5.02 Å². The molecule has 0 radical (unpaired) electrons. The Balaban J connectivity index is 2.66. The van der Waals surface area contributed by atoms with Crippen LogP contribution in [0.2, 0.25) is 5.02 Å². The van der Waals surface area contributed by atoms with Crippen molar-refractivity contribution in [3.8, 4) is 0 Å². The summed E-state index contributed by atoms with van der Waals surface area (Å²) in [4.78, 5) is 24.4. The number of aromatic amines is 1. The predicted molar refractivity (Wildman–Crippen MR) is 59.5 cm³/mol. The molecule has 1 aromatic heterocycles. The Bertz CT molecular complexity index is 424. The zero-order valence-electron chi connectivity index (χ0n) is 8.55. The minimum absolute atomic E-state index is 0.0446. The molecule has 0 aliphatic carbocycles. The number of hydrogen-bond donors (Lipinski definition) is 2. The maximum absolute atomic E-state index is 11.3. The lowest BCUT2D eigenvalue weighted by Crippen LogP contribution is -2.29. The van der Waals surface area contributed by atoms with Crippen LogP contribution in [0.5, 0.6) is 0 Å². The molecule has 0 saturated heterocycles. The standard InChI is InChI=1S/C9H14ClN3O2/c1-11-4-2-3-5-13-6-7(10)8(14)12-9(13)15/h6,11H,2-5H2,1H3,(H,12,14,15). The van der Waals surface area contributed by atoms with Gasteiger partial charge < -0.3 is 5.32 Å². The average molecular weight is 232 g/mol. The van der Waals surface area contributed by atoms with E-state index in [9.17, 15) is 9.59 Å². The molecule has 84 valence electrons. The number of hydrogen-bond acceptors (Lipinski definition) is 3. The highest BCUT2D eigenvalue weighted by Crippen LogP contribution is 1.97. The molecule has 0 aliphatic heterocycles. The van der Waals surface area contributed by atoms with Crippen LogP contribution in [0.3, 0.4) is 0 Å². The van der Waals surface area contributed by atoms with E-state index < -0.39 is 11.2 Å². The Labute approximate surface area is 92.1 Å². The summed E-state index contributed by atoms with van der Waals surface area (Å²) in [5, 5.41) is 3.06. The van der Waals surface area contributed by atoms with Crippen LogP contribution in [0.1, 0.15) is 12.8 Å². The van der Waals surface area contributed by atoms with Crippen molar-refractivity contribution in [2.45, 2.75) is 19.4 Å². The van der Waals surface area contributed by atoms with Gasteiger partial charge in [-0.1, -0.05) is 11.6 Å². The fraction of sp³-hybridized carbons (Fsp3) is 0.556. The first-order valence-electron chi connectivity index (χ1n) is 4.79. The van der Waals surface area contributed by atoms with Crippen LogP contribution in [-0.2, 0) is 6.54 Å². The topological polar surface area (TPSA) is 66.9 Å². The molecule has 0 fully saturated rings. The maximum Gasteiger partial charge on any atom is 0.328 e. The molecule has 15 heavy (non-hydrogen) atoms. The Morgan fingerprint density at radius 2 is 2.20 bits per heavy atom. The van der Waals surface area contributed by atoms with Crippen LogP contribution < -0.4 is 16.6 Å². The first kappa shape index (κ1) is 12.0. The van der Waals surface area contributed by atoms with Gasteiger partial charge in [-0.25, -0.2) is 4.79 Å². The number of rotatable bonds is 5. The lowest BCUT2D eigenvalue weighted by atomic mass is 10.3. The fourth-order valence-corrected chi connectivity index (χ4v) is 1.40.